The maximum absolute atomic E-state index is 11.5. The Morgan fingerprint density at radius 1 is 1.47 bits per heavy atom. The van der Waals surface area contributed by atoms with Gasteiger partial charge in [0.15, 0.2) is 0 Å². The highest BCUT2D eigenvalue weighted by atomic mass is 16.5. The van der Waals surface area contributed by atoms with Gasteiger partial charge in [0.2, 0.25) is 5.91 Å². The summed E-state index contributed by atoms with van der Waals surface area (Å²) in [4.78, 5) is 13.8. The van der Waals surface area contributed by atoms with Crippen molar-refractivity contribution in [2.75, 3.05) is 30.4 Å². The second kappa shape index (κ2) is 4.83. The van der Waals surface area contributed by atoms with Crippen LogP contribution in [0, 0.1) is 0 Å². The monoisotopic (exact) mass is 261 g/mol. The molecular formula is C14H19N3O2. The van der Waals surface area contributed by atoms with E-state index in [4.69, 9.17) is 10.5 Å². The van der Waals surface area contributed by atoms with Crippen LogP contribution in [0.5, 0.6) is 0 Å². The Morgan fingerprint density at radius 3 is 3.11 bits per heavy atom. The Hall–Kier alpha value is -1.59. The number of methoxy groups -OCH3 is 1. The zero-order chi connectivity index (χ0) is 13.4. The van der Waals surface area contributed by atoms with Crippen LogP contribution in [-0.4, -0.2) is 32.2 Å². The molecule has 1 aromatic rings. The molecule has 3 N–H and O–H groups in total. The second-order valence-electron chi connectivity index (χ2n) is 5.18. The van der Waals surface area contributed by atoms with Gasteiger partial charge < -0.3 is 20.7 Å². The van der Waals surface area contributed by atoms with E-state index >= 15 is 0 Å². The molecule has 0 aromatic heterocycles. The number of anilines is 2. The number of carbonyl (C=O) groups excluding carboxylic acids is 1. The topological polar surface area (TPSA) is 67.6 Å². The summed E-state index contributed by atoms with van der Waals surface area (Å²) in [7, 11) is 1.76. The molecule has 0 aliphatic carbocycles. The first-order valence-corrected chi connectivity index (χ1v) is 6.67. The first-order valence-electron chi connectivity index (χ1n) is 6.67. The third-order valence-electron chi connectivity index (χ3n) is 3.99. The lowest BCUT2D eigenvalue weighted by Gasteiger charge is -2.33. The Kier molecular flexibility index (Phi) is 3.16. The number of rotatable bonds is 2. The number of nitrogens with two attached hydrogens (primary N) is 1. The van der Waals surface area contributed by atoms with Gasteiger partial charge in [0.05, 0.1) is 6.10 Å². The van der Waals surface area contributed by atoms with Crippen LogP contribution in [0.4, 0.5) is 11.4 Å². The second-order valence-corrected chi connectivity index (χ2v) is 5.18. The highest BCUT2D eigenvalue weighted by Gasteiger charge is 2.28. The average molecular weight is 261 g/mol. The first kappa shape index (κ1) is 12.4. The number of amides is 1. The quantitative estimate of drug-likeness (QED) is 0.841. The van der Waals surface area contributed by atoms with Gasteiger partial charge in [-0.05, 0) is 25.0 Å². The van der Waals surface area contributed by atoms with Gasteiger partial charge >= 0.3 is 0 Å². The molecule has 102 valence electrons. The molecule has 1 fully saturated rings. The van der Waals surface area contributed by atoms with E-state index < -0.39 is 6.04 Å². The van der Waals surface area contributed by atoms with Crippen molar-refractivity contribution in [3.63, 3.8) is 0 Å². The molecule has 0 saturated carbocycles. The van der Waals surface area contributed by atoms with Crippen LogP contribution in [0.25, 0.3) is 0 Å². The fraction of sp³-hybridized carbons (Fsp3) is 0.500. The van der Waals surface area contributed by atoms with E-state index in [0.717, 1.165) is 42.9 Å². The Balaban J connectivity index is 1.83. The summed E-state index contributed by atoms with van der Waals surface area (Å²) in [6, 6.07) is 5.47. The van der Waals surface area contributed by atoms with Crippen LogP contribution in [0.15, 0.2) is 18.2 Å². The minimum Gasteiger partial charge on any atom is -0.380 e. The molecule has 19 heavy (non-hydrogen) atoms. The number of ether oxygens (including phenoxy) is 1. The summed E-state index contributed by atoms with van der Waals surface area (Å²) < 4.78 is 5.44. The maximum atomic E-state index is 11.5. The van der Waals surface area contributed by atoms with Crippen molar-refractivity contribution in [1.82, 2.24) is 0 Å². The lowest BCUT2D eigenvalue weighted by atomic mass is 10.0. The van der Waals surface area contributed by atoms with Gasteiger partial charge in [-0.25, -0.2) is 0 Å². The van der Waals surface area contributed by atoms with Gasteiger partial charge in [0, 0.05) is 37.1 Å². The number of nitrogens with one attached hydrogen (secondary N) is 1. The van der Waals surface area contributed by atoms with Crippen LogP contribution in [0.3, 0.4) is 0 Å². The Bertz CT molecular complexity index is 503. The van der Waals surface area contributed by atoms with E-state index in [1.165, 1.54) is 0 Å². The van der Waals surface area contributed by atoms with E-state index in [-0.39, 0.29) is 5.91 Å². The van der Waals surface area contributed by atoms with E-state index in [9.17, 15) is 4.79 Å². The summed E-state index contributed by atoms with van der Waals surface area (Å²) in [6.45, 7) is 1.92. The van der Waals surface area contributed by atoms with Crippen LogP contribution in [0.1, 0.15) is 24.4 Å². The van der Waals surface area contributed by atoms with Gasteiger partial charge in [0.1, 0.15) is 6.04 Å². The molecule has 5 heteroatoms. The van der Waals surface area contributed by atoms with Crippen molar-refractivity contribution in [2.24, 2.45) is 5.73 Å². The highest BCUT2D eigenvalue weighted by molar-refractivity contribution is 6.02. The number of hydrogen-bond acceptors (Lipinski definition) is 4. The molecule has 2 atom stereocenters. The van der Waals surface area contributed by atoms with E-state index in [1.807, 2.05) is 18.2 Å². The van der Waals surface area contributed by atoms with E-state index in [0.29, 0.717) is 6.10 Å². The van der Waals surface area contributed by atoms with Crippen molar-refractivity contribution in [3.8, 4) is 0 Å². The van der Waals surface area contributed by atoms with Crippen molar-refractivity contribution < 1.29 is 9.53 Å². The minimum absolute atomic E-state index is 0.124. The number of hydrogen-bond donors (Lipinski definition) is 2. The summed E-state index contributed by atoms with van der Waals surface area (Å²) in [6.07, 6.45) is 2.53. The fourth-order valence-electron chi connectivity index (χ4n) is 2.84. The summed E-state index contributed by atoms with van der Waals surface area (Å²) >= 11 is 0. The zero-order valence-corrected chi connectivity index (χ0v) is 11.1. The lowest BCUT2D eigenvalue weighted by Crippen LogP contribution is -2.39. The summed E-state index contributed by atoms with van der Waals surface area (Å²) in [5.74, 6) is -0.124. The molecule has 2 aliphatic heterocycles. The molecule has 2 aliphatic rings. The largest absolute Gasteiger partial charge is 0.380 e. The number of nitrogens with zero attached hydrogens (tertiary/aromatic N) is 1. The predicted octanol–water partition coefficient (Wildman–Crippen LogP) is 1.25. The number of benzene rings is 1. The van der Waals surface area contributed by atoms with E-state index in [1.54, 1.807) is 7.11 Å². The van der Waals surface area contributed by atoms with Crippen molar-refractivity contribution in [1.29, 1.82) is 0 Å². The molecular weight excluding hydrogens is 242 g/mol. The van der Waals surface area contributed by atoms with Gasteiger partial charge in [0.25, 0.3) is 0 Å². The Morgan fingerprint density at radius 2 is 2.32 bits per heavy atom. The highest BCUT2D eigenvalue weighted by Crippen LogP contribution is 2.33. The van der Waals surface area contributed by atoms with Gasteiger partial charge in [-0.2, -0.15) is 0 Å². The molecule has 1 amide bonds. The predicted molar refractivity (Wildman–Crippen MR) is 74.2 cm³/mol. The number of fused-ring (bicyclic) bond motifs is 1. The molecule has 0 bridgehead atoms. The molecule has 2 heterocycles. The van der Waals surface area contributed by atoms with E-state index in [2.05, 4.69) is 10.2 Å². The van der Waals surface area contributed by atoms with Crippen molar-refractivity contribution >= 4 is 17.3 Å². The number of carbonyl (C=O) groups is 1. The van der Waals surface area contributed by atoms with Crippen molar-refractivity contribution in [2.45, 2.75) is 25.0 Å². The fourth-order valence-corrected chi connectivity index (χ4v) is 2.84. The molecule has 0 radical (unpaired) electrons. The Labute approximate surface area is 112 Å². The van der Waals surface area contributed by atoms with Crippen LogP contribution >= 0.6 is 0 Å². The zero-order valence-electron chi connectivity index (χ0n) is 11.1. The van der Waals surface area contributed by atoms with Crippen LogP contribution < -0.4 is 16.0 Å². The smallest absolute Gasteiger partial charge is 0.245 e. The van der Waals surface area contributed by atoms with Crippen LogP contribution in [-0.2, 0) is 9.53 Å². The number of piperidine rings is 1. The normalized spacial score (nSPS) is 26.2. The molecule has 3 rings (SSSR count). The van der Waals surface area contributed by atoms with Gasteiger partial charge in [-0.15, -0.1) is 0 Å². The molecule has 2 unspecified atom stereocenters. The lowest BCUT2D eigenvalue weighted by molar-refractivity contribution is -0.116. The third kappa shape index (κ3) is 2.19. The van der Waals surface area contributed by atoms with Gasteiger partial charge in [-0.1, -0.05) is 6.07 Å². The minimum atomic E-state index is -0.530. The van der Waals surface area contributed by atoms with Gasteiger partial charge in [-0.3, -0.25) is 4.79 Å². The SMILES string of the molecule is COC1CCCN(c2ccc3c(c2)NC(=O)C3N)C1. The molecule has 1 saturated heterocycles. The maximum Gasteiger partial charge on any atom is 0.245 e. The van der Waals surface area contributed by atoms with Crippen LogP contribution in [0.2, 0.25) is 0 Å². The molecule has 5 nitrogen and oxygen atoms in total. The average Bonchev–Trinajstić information content (AvgIpc) is 2.73. The summed E-state index contributed by atoms with van der Waals surface area (Å²) in [5.41, 5.74) is 8.66. The molecule has 1 aromatic carbocycles. The summed E-state index contributed by atoms with van der Waals surface area (Å²) in [5, 5.41) is 2.83. The molecule has 0 spiro atoms. The third-order valence-corrected chi connectivity index (χ3v) is 3.99. The first-order chi connectivity index (χ1) is 9.19. The van der Waals surface area contributed by atoms with Crippen molar-refractivity contribution in [3.05, 3.63) is 23.8 Å². The standard InChI is InChI=1S/C14H19N3O2/c1-19-10-3-2-6-17(8-10)9-4-5-11-12(7-9)16-14(18)13(11)15/h4-5,7,10,13H,2-3,6,8,15H2,1H3,(H,16,18).